The average Bonchev–Trinajstić information content (AvgIpc) is 3.10. The highest BCUT2D eigenvalue weighted by atomic mass is 16.5. The van der Waals surface area contributed by atoms with Crippen LogP contribution in [0.15, 0.2) is 53.1 Å². The molecular weight excluding hydrogens is 300 g/mol. The maximum absolute atomic E-state index is 9.20. The Kier molecular flexibility index (Phi) is 4.57. The zero-order chi connectivity index (χ0) is 16.9. The van der Waals surface area contributed by atoms with Crippen LogP contribution >= 0.6 is 0 Å². The Morgan fingerprint density at radius 1 is 1.12 bits per heavy atom. The van der Waals surface area contributed by atoms with E-state index in [1.807, 2.05) is 62.4 Å². The van der Waals surface area contributed by atoms with Gasteiger partial charge in [0.15, 0.2) is 5.82 Å². The molecular formula is C19H18N4O. The van der Waals surface area contributed by atoms with Gasteiger partial charge in [0.1, 0.15) is 0 Å². The second-order valence-corrected chi connectivity index (χ2v) is 5.82. The zero-order valence-electron chi connectivity index (χ0n) is 13.7. The van der Waals surface area contributed by atoms with E-state index in [1.54, 1.807) is 0 Å². The monoisotopic (exact) mass is 318 g/mol. The molecule has 2 aromatic carbocycles. The number of rotatable bonds is 5. The van der Waals surface area contributed by atoms with Crippen molar-refractivity contribution in [1.82, 2.24) is 10.1 Å². The molecule has 0 saturated heterocycles. The van der Waals surface area contributed by atoms with E-state index < -0.39 is 0 Å². The second-order valence-electron chi connectivity index (χ2n) is 5.82. The minimum absolute atomic E-state index is 0.240. The molecule has 120 valence electrons. The third kappa shape index (κ3) is 3.44. The molecule has 0 fully saturated rings. The van der Waals surface area contributed by atoms with Crippen molar-refractivity contribution < 1.29 is 4.52 Å². The summed E-state index contributed by atoms with van der Waals surface area (Å²) in [7, 11) is 0. The first-order chi connectivity index (χ1) is 11.7. The van der Waals surface area contributed by atoms with Crippen LogP contribution < -0.4 is 5.32 Å². The molecule has 1 aromatic heterocycles. The molecule has 0 radical (unpaired) electrons. The van der Waals surface area contributed by atoms with E-state index in [0.717, 1.165) is 16.7 Å². The Bertz CT molecular complexity index is 860. The van der Waals surface area contributed by atoms with Gasteiger partial charge in [-0.1, -0.05) is 61.5 Å². The number of anilines is 1. The number of aromatic nitrogens is 2. The van der Waals surface area contributed by atoms with Gasteiger partial charge in [-0.3, -0.25) is 0 Å². The molecule has 3 aromatic rings. The molecule has 0 amide bonds. The summed E-state index contributed by atoms with van der Waals surface area (Å²) >= 11 is 0. The highest BCUT2D eigenvalue weighted by Gasteiger charge is 2.09. The van der Waals surface area contributed by atoms with E-state index in [4.69, 9.17) is 4.52 Å². The Morgan fingerprint density at radius 3 is 2.54 bits per heavy atom. The minimum Gasteiger partial charge on any atom is -0.334 e. The summed E-state index contributed by atoms with van der Waals surface area (Å²) in [4.78, 5) is 4.29. The van der Waals surface area contributed by atoms with Crippen LogP contribution in [0.4, 0.5) is 6.01 Å². The van der Waals surface area contributed by atoms with Gasteiger partial charge in [-0.15, -0.1) is 0 Å². The molecule has 0 aliphatic carbocycles. The number of nitrogens with zero attached hydrogens (tertiary/aromatic N) is 3. The van der Waals surface area contributed by atoms with Gasteiger partial charge in [-0.25, -0.2) is 0 Å². The van der Waals surface area contributed by atoms with Crippen molar-refractivity contribution in [3.05, 3.63) is 65.5 Å². The minimum atomic E-state index is 0.240. The predicted octanol–water partition coefficient (Wildman–Crippen LogP) is 4.34. The SMILES string of the molecule is CC(C)c1noc(NCc2ccc(-c3ccccc3C#N)cc2)n1. The summed E-state index contributed by atoms with van der Waals surface area (Å²) in [6, 6.07) is 18.3. The Labute approximate surface area is 140 Å². The van der Waals surface area contributed by atoms with Crippen molar-refractivity contribution in [2.75, 3.05) is 5.32 Å². The zero-order valence-corrected chi connectivity index (χ0v) is 13.7. The van der Waals surface area contributed by atoms with Crippen molar-refractivity contribution in [1.29, 1.82) is 5.26 Å². The van der Waals surface area contributed by atoms with E-state index >= 15 is 0 Å². The smallest absolute Gasteiger partial charge is 0.321 e. The maximum Gasteiger partial charge on any atom is 0.321 e. The van der Waals surface area contributed by atoms with Crippen molar-refractivity contribution in [2.45, 2.75) is 26.3 Å². The standard InChI is InChI=1S/C19H18N4O/c1-13(2)18-22-19(24-23-18)21-12-14-7-9-15(10-8-14)17-6-4-3-5-16(17)11-20/h3-10,13H,12H2,1-2H3,(H,21,22,23). The maximum atomic E-state index is 9.20. The molecule has 1 N–H and O–H groups in total. The van der Waals surface area contributed by atoms with Crippen LogP contribution in [0.1, 0.15) is 36.7 Å². The van der Waals surface area contributed by atoms with Crippen LogP contribution in [-0.2, 0) is 6.54 Å². The van der Waals surface area contributed by atoms with Gasteiger partial charge in [0.25, 0.3) is 0 Å². The lowest BCUT2D eigenvalue weighted by atomic mass is 9.99. The van der Waals surface area contributed by atoms with E-state index in [2.05, 4.69) is 21.5 Å². The first-order valence-corrected chi connectivity index (χ1v) is 7.83. The van der Waals surface area contributed by atoms with E-state index in [0.29, 0.717) is 23.9 Å². The molecule has 0 aliphatic heterocycles. The van der Waals surface area contributed by atoms with Gasteiger partial charge in [0.05, 0.1) is 11.6 Å². The molecule has 24 heavy (non-hydrogen) atoms. The summed E-state index contributed by atoms with van der Waals surface area (Å²) in [5.74, 6) is 0.935. The van der Waals surface area contributed by atoms with Crippen molar-refractivity contribution in [3.8, 4) is 17.2 Å². The van der Waals surface area contributed by atoms with Crippen LogP contribution in [0, 0.1) is 11.3 Å². The highest BCUT2D eigenvalue weighted by molar-refractivity contribution is 5.70. The molecule has 5 heteroatoms. The second kappa shape index (κ2) is 6.97. The van der Waals surface area contributed by atoms with Crippen molar-refractivity contribution >= 4 is 6.01 Å². The van der Waals surface area contributed by atoms with E-state index in [-0.39, 0.29) is 5.92 Å². The van der Waals surface area contributed by atoms with Gasteiger partial charge in [-0.2, -0.15) is 10.2 Å². The summed E-state index contributed by atoms with van der Waals surface area (Å²) < 4.78 is 5.16. The van der Waals surface area contributed by atoms with Gasteiger partial charge in [0, 0.05) is 12.5 Å². The quantitative estimate of drug-likeness (QED) is 0.757. The molecule has 0 aliphatic rings. The van der Waals surface area contributed by atoms with Gasteiger partial charge in [0.2, 0.25) is 0 Å². The number of hydrogen-bond acceptors (Lipinski definition) is 5. The predicted molar refractivity (Wildman–Crippen MR) is 92.3 cm³/mol. The third-order valence-electron chi connectivity index (χ3n) is 3.71. The summed E-state index contributed by atoms with van der Waals surface area (Å²) in [5.41, 5.74) is 3.74. The van der Waals surface area contributed by atoms with Gasteiger partial charge >= 0.3 is 6.01 Å². The number of benzene rings is 2. The summed E-state index contributed by atoms with van der Waals surface area (Å²) in [6.45, 7) is 4.64. The van der Waals surface area contributed by atoms with E-state index in [9.17, 15) is 5.26 Å². The summed E-state index contributed by atoms with van der Waals surface area (Å²) in [6.07, 6.45) is 0. The number of nitrogens with one attached hydrogen (secondary N) is 1. The lowest BCUT2D eigenvalue weighted by Crippen LogP contribution is -2.00. The molecule has 0 spiro atoms. The topological polar surface area (TPSA) is 74.7 Å². The van der Waals surface area contributed by atoms with Crippen LogP contribution in [0.3, 0.4) is 0 Å². The molecule has 0 unspecified atom stereocenters. The van der Waals surface area contributed by atoms with Gasteiger partial charge < -0.3 is 9.84 Å². The van der Waals surface area contributed by atoms with Crippen LogP contribution in [0.5, 0.6) is 0 Å². The normalized spacial score (nSPS) is 10.6. The molecule has 0 atom stereocenters. The van der Waals surface area contributed by atoms with Crippen LogP contribution in [0.25, 0.3) is 11.1 Å². The lowest BCUT2D eigenvalue weighted by molar-refractivity contribution is 0.419. The average molecular weight is 318 g/mol. The fraction of sp³-hybridized carbons (Fsp3) is 0.211. The van der Waals surface area contributed by atoms with Gasteiger partial charge in [-0.05, 0) is 22.8 Å². The molecule has 1 heterocycles. The van der Waals surface area contributed by atoms with Crippen LogP contribution in [0.2, 0.25) is 0 Å². The first kappa shape index (κ1) is 15.8. The molecule has 0 saturated carbocycles. The Hall–Kier alpha value is -3.13. The van der Waals surface area contributed by atoms with E-state index in [1.165, 1.54) is 0 Å². The lowest BCUT2D eigenvalue weighted by Gasteiger charge is -2.06. The van der Waals surface area contributed by atoms with Crippen molar-refractivity contribution in [2.24, 2.45) is 0 Å². The van der Waals surface area contributed by atoms with Crippen LogP contribution in [-0.4, -0.2) is 10.1 Å². The fourth-order valence-corrected chi connectivity index (χ4v) is 2.35. The molecule has 5 nitrogen and oxygen atoms in total. The highest BCUT2D eigenvalue weighted by Crippen LogP contribution is 2.23. The van der Waals surface area contributed by atoms with Crippen molar-refractivity contribution in [3.63, 3.8) is 0 Å². The molecule has 3 rings (SSSR count). The number of nitriles is 1. The Morgan fingerprint density at radius 2 is 1.88 bits per heavy atom. The fourth-order valence-electron chi connectivity index (χ4n) is 2.35. The summed E-state index contributed by atoms with van der Waals surface area (Å²) in [5, 5.41) is 16.2. The largest absolute Gasteiger partial charge is 0.334 e. The first-order valence-electron chi connectivity index (χ1n) is 7.83. The molecule has 0 bridgehead atoms. The third-order valence-corrected chi connectivity index (χ3v) is 3.71. The number of hydrogen-bond donors (Lipinski definition) is 1. The Balaban J connectivity index is 1.69.